The van der Waals surface area contributed by atoms with Crippen LogP contribution in [0, 0.1) is 0 Å². The summed E-state index contributed by atoms with van der Waals surface area (Å²) >= 11 is 0. The van der Waals surface area contributed by atoms with Crippen LogP contribution in [0.2, 0.25) is 0 Å². The van der Waals surface area contributed by atoms with Crippen LogP contribution in [-0.2, 0) is 18.4 Å². The fraction of sp³-hybridized carbons (Fsp3) is 0.610. The average molecular weight is 963 g/mol. The van der Waals surface area contributed by atoms with E-state index in [-0.39, 0.29) is 12.5 Å². The number of amides is 1. The van der Waals surface area contributed by atoms with Gasteiger partial charge in [0.2, 0.25) is 5.91 Å². The zero-order valence-electron chi connectivity index (χ0n) is 43.7. The molecule has 3 unspecified atom stereocenters. The number of quaternary nitrogens is 1. The lowest BCUT2D eigenvalue weighted by Crippen LogP contribution is -2.45. The minimum atomic E-state index is -4.60. The molecular weight excluding hydrogens is 864 g/mol. The summed E-state index contributed by atoms with van der Waals surface area (Å²) < 4.78 is 23.1. The zero-order chi connectivity index (χ0) is 49.9. The van der Waals surface area contributed by atoms with E-state index in [0.29, 0.717) is 17.4 Å². The molecule has 0 saturated carbocycles. The molecule has 0 aliphatic rings. The van der Waals surface area contributed by atoms with Crippen molar-refractivity contribution in [1.29, 1.82) is 0 Å². The minimum absolute atomic E-state index is 0.0138. The molecule has 0 radical (unpaired) electrons. The highest BCUT2D eigenvalue weighted by Gasteiger charge is 2.23. The van der Waals surface area contributed by atoms with E-state index >= 15 is 0 Å². The summed E-state index contributed by atoms with van der Waals surface area (Å²) in [4.78, 5) is 25.2. The maximum atomic E-state index is 12.8. The molecule has 0 rings (SSSR count). The van der Waals surface area contributed by atoms with Crippen molar-refractivity contribution in [2.75, 3.05) is 40.9 Å². The predicted octanol–water partition coefficient (Wildman–Crippen LogP) is 15.3. The number of carbonyl (C=O) groups excluding carboxylic acids is 1. The van der Waals surface area contributed by atoms with Crippen molar-refractivity contribution in [3.8, 4) is 0 Å². The van der Waals surface area contributed by atoms with Crippen LogP contribution in [-0.4, -0.2) is 68.5 Å². The Morgan fingerprint density at radius 3 is 1.35 bits per heavy atom. The Morgan fingerprint density at radius 1 is 0.529 bits per heavy atom. The Labute approximate surface area is 417 Å². The van der Waals surface area contributed by atoms with Gasteiger partial charge in [0, 0.05) is 6.42 Å². The van der Waals surface area contributed by atoms with Crippen molar-refractivity contribution < 1.29 is 32.9 Å². The van der Waals surface area contributed by atoms with E-state index in [1.54, 1.807) is 6.08 Å². The number of nitrogens with zero attached hydrogens (tertiary/aromatic N) is 1. The summed E-state index contributed by atoms with van der Waals surface area (Å²) in [5, 5.41) is 13.6. The summed E-state index contributed by atoms with van der Waals surface area (Å²) in [5.41, 5.74) is 0. The van der Waals surface area contributed by atoms with Crippen molar-refractivity contribution in [3.63, 3.8) is 0 Å². The average Bonchev–Trinajstić information content (AvgIpc) is 3.30. The van der Waals surface area contributed by atoms with Gasteiger partial charge in [0.1, 0.15) is 13.2 Å². The van der Waals surface area contributed by atoms with Gasteiger partial charge in [-0.2, -0.15) is 0 Å². The van der Waals surface area contributed by atoms with Crippen LogP contribution in [0.4, 0.5) is 0 Å². The summed E-state index contributed by atoms with van der Waals surface area (Å²) in [6, 6.07) is -0.910. The quantitative estimate of drug-likeness (QED) is 0.0272. The van der Waals surface area contributed by atoms with Crippen LogP contribution in [0.25, 0.3) is 0 Å². The molecule has 8 nitrogen and oxygen atoms in total. The highest BCUT2D eigenvalue weighted by atomic mass is 31.2. The van der Waals surface area contributed by atoms with Gasteiger partial charge in [0.25, 0.3) is 7.82 Å². The Morgan fingerprint density at radius 2 is 0.912 bits per heavy atom. The van der Waals surface area contributed by atoms with Gasteiger partial charge in [-0.05, 0) is 96.3 Å². The number of phosphoric acid groups is 1. The third-order valence-electron chi connectivity index (χ3n) is 10.8. The number of nitrogens with one attached hydrogen (secondary N) is 1. The second-order valence-electron chi connectivity index (χ2n) is 18.5. The van der Waals surface area contributed by atoms with Crippen LogP contribution < -0.4 is 10.2 Å². The number of allylic oxidation sites excluding steroid dienone is 21. The topological polar surface area (TPSA) is 108 Å². The first-order valence-corrected chi connectivity index (χ1v) is 28.0. The van der Waals surface area contributed by atoms with E-state index in [0.717, 1.165) is 109 Å². The van der Waals surface area contributed by atoms with Crippen LogP contribution in [0.5, 0.6) is 0 Å². The summed E-state index contributed by atoms with van der Waals surface area (Å²) in [6.45, 7) is 4.36. The molecule has 0 bridgehead atoms. The molecule has 0 heterocycles. The lowest BCUT2D eigenvalue weighted by atomic mass is 10.0. The van der Waals surface area contributed by atoms with E-state index in [2.05, 4.69) is 141 Å². The molecule has 386 valence electrons. The third-order valence-corrected chi connectivity index (χ3v) is 11.8. The van der Waals surface area contributed by atoms with E-state index < -0.39 is 26.6 Å². The molecule has 0 aromatic heterocycles. The first kappa shape index (κ1) is 64.6. The zero-order valence-corrected chi connectivity index (χ0v) is 44.6. The van der Waals surface area contributed by atoms with Gasteiger partial charge in [-0.3, -0.25) is 9.36 Å². The van der Waals surface area contributed by atoms with Gasteiger partial charge >= 0.3 is 0 Å². The molecule has 9 heteroatoms. The van der Waals surface area contributed by atoms with Gasteiger partial charge in [0.05, 0.1) is 39.9 Å². The molecule has 0 fully saturated rings. The van der Waals surface area contributed by atoms with Gasteiger partial charge in [0.15, 0.2) is 0 Å². The number of phosphoric ester groups is 1. The maximum Gasteiger partial charge on any atom is 0.268 e. The predicted molar refractivity (Wildman–Crippen MR) is 292 cm³/mol. The highest BCUT2D eigenvalue weighted by molar-refractivity contribution is 7.45. The van der Waals surface area contributed by atoms with E-state index in [4.69, 9.17) is 9.05 Å². The third kappa shape index (κ3) is 50.5. The summed E-state index contributed by atoms with van der Waals surface area (Å²) in [6.07, 6.45) is 74.2. The SMILES string of the molecule is CC/C=C\C/C=C\C/C=C\C/C=C\C/C=C\C/C=C\C/C=C\C/C=C\C/C=C\CCCCCCCCCCCCCC(=O)NC(COP(=O)([O-])OCC[N+](C)(C)C)C(O)/C=C/CC/C=C/CCC. The molecule has 0 saturated heterocycles. The second-order valence-corrected chi connectivity index (χ2v) is 19.9. The normalized spacial score (nSPS) is 15.1. The fourth-order valence-corrected chi connectivity index (χ4v) is 7.42. The lowest BCUT2D eigenvalue weighted by molar-refractivity contribution is -0.870. The Balaban J connectivity index is 3.98. The number of carbonyl (C=O) groups is 1. The second kappa shape index (κ2) is 48.7. The molecule has 1 amide bonds. The van der Waals surface area contributed by atoms with Crippen LogP contribution in [0.1, 0.15) is 181 Å². The van der Waals surface area contributed by atoms with Crippen LogP contribution in [0.15, 0.2) is 134 Å². The number of hydrogen-bond donors (Lipinski definition) is 2. The largest absolute Gasteiger partial charge is 0.756 e. The van der Waals surface area contributed by atoms with Crippen molar-refractivity contribution in [2.45, 2.75) is 193 Å². The maximum absolute atomic E-state index is 12.8. The molecule has 68 heavy (non-hydrogen) atoms. The fourth-order valence-electron chi connectivity index (χ4n) is 6.70. The molecule has 0 aliphatic heterocycles. The molecule has 3 atom stereocenters. The Bertz CT molecular complexity index is 1560. The van der Waals surface area contributed by atoms with Crippen molar-refractivity contribution in [1.82, 2.24) is 5.32 Å². The number of aliphatic hydroxyl groups excluding tert-OH is 1. The van der Waals surface area contributed by atoms with E-state index in [1.165, 1.54) is 51.4 Å². The monoisotopic (exact) mass is 963 g/mol. The molecule has 0 aromatic rings. The van der Waals surface area contributed by atoms with Gasteiger partial charge in [-0.25, -0.2) is 0 Å². The molecule has 0 spiro atoms. The van der Waals surface area contributed by atoms with Gasteiger partial charge < -0.3 is 28.8 Å². The highest BCUT2D eigenvalue weighted by Crippen LogP contribution is 2.38. The van der Waals surface area contributed by atoms with Gasteiger partial charge in [-0.15, -0.1) is 0 Å². The smallest absolute Gasteiger partial charge is 0.268 e. The molecule has 0 aromatic carbocycles. The number of hydrogen-bond acceptors (Lipinski definition) is 6. The Hall–Kier alpha value is -3.36. The van der Waals surface area contributed by atoms with E-state index in [1.807, 2.05) is 27.2 Å². The lowest BCUT2D eigenvalue weighted by Gasteiger charge is -2.29. The molecule has 0 aliphatic carbocycles. The number of unbranched alkanes of at least 4 members (excludes halogenated alkanes) is 13. The van der Waals surface area contributed by atoms with Crippen LogP contribution in [0.3, 0.4) is 0 Å². The number of aliphatic hydroxyl groups is 1. The summed E-state index contributed by atoms with van der Waals surface area (Å²) in [7, 11) is 1.22. The molecule has 2 N–H and O–H groups in total. The first-order chi connectivity index (χ1) is 33.0. The van der Waals surface area contributed by atoms with Crippen molar-refractivity contribution in [3.05, 3.63) is 134 Å². The number of rotatable bonds is 46. The minimum Gasteiger partial charge on any atom is -0.756 e. The standard InChI is InChI=1S/C59H99N2O6P/c1-6-8-10-12-14-15-16-17-18-19-20-21-22-23-24-25-26-27-28-29-30-31-32-33-34-35-36-37-38-39-40-41-42-43-44-45-47-49-51-53-59(63)60-57(58(62)52-50-48-46-13-11-9-7-2)56-67-68(64,65)66-55-54-61(3,4)5/h8,10-11,13-15,17-18,20-21,23-24,26-27,29-30,32-33,35-36,50,52,57-58,62H,6-7,9,12,16,19,22,25,28,31,34,37-49,51,53-56H2,1-5H3,(H-,60,63,64,65)/b10-8-,13-11+,15-14-,18-17-,21-20-,24-23-,27-26-,30-29-,33-32-,36-35-,52-50+. The van der Waals surface area contributed by atoms with Crippen molar-refractivity contribution >= 4 is 13.7 Å². The van der Waals surface area contributed by atoms with Crippen molar-refractivity contribution in [2.24, 2.45) is 0 Å². The number of likely N-dealkylation sites (N-methyl/N-ethyl adjacent to an activating group) is 1. The molecular formula is C59H99N2O6P. The summed E-state index contributed by atoms with van der Waals surface area (Å²) in [5.74, 6) is -0.222. The van der Waals surface area contributed by atoms with E-state index in [9.17, 15) is 19.4 Å². The van der Waals surface area contributed by atoms with Gasteiger partial charge in [-0.1, -0.05) is 212 Å². The first-order valence-electron chi connectivity index (χ1n) is 26.5. The van der Waals surface area contributed by atoms with Crippen LogP contribution >= 0.6 is 7.82 Å². The Kier molecular flexibility index (Phi) is 46.3.